The molecule has 1 unspecified atom stereocenters. The molecule has 4 rings (SSSR count). The molecule has 3 heterocycles. The molecule has 39 heavy (non-hydrogen) atoms. The summed E-state index contributed by atoms with van der Waals surface area (Å²) in [4.78, 5) is 45.1. The van der Waals surface area contributed by atoms with Crippen molar-refractivity contribution < 1.29 is 24.2 Å². The maximum atomic E-state index is 13.5. The number of nitrogens with two attached hydrogens (primary N) is 1. The van der Waals surface area contributed by atoms with Crippen molar-refractivity contribution in [2.24, 2.45) is 17.1 Å². The fourth-order valence-corrected chi connectivity index (χ4v) is 6.45. The van der Waals surface area contributed by atoms with Crippen LogP contribution in [0.15, 0.2) is 18.2 Å². The third-order valence-electron chi connectivity index (χ3n) is 8.85. The molecule has 3 aliphatic rings. The van der Waals surface area contributed by atoms with Gasteiger partial charge in [-0.3, -0.25) is 19.3 Å². The van der Waals surface area contributed by atoms with E-state index in [-0.39, 0.29) is 35.7 Å². The number of hydrogen-bond acceptors (Lipinski definition) is 6. The standard InChI is InChI=1S/C30H46N4O5/c1-4-5-13-32(14-6-12-31)26(35)20-34-19-23(21-7-8-25-22(18-21)10-17-39-25)27(28(36)37)24(34)9-15-33-16-11-30(2,3)29(33)38/h7-8,18,23-24,27H,4-6,9-17,19-20,31H2,1-3H3,(H,36,37)/t23-,24+,27?/m1/s1. The van der Waals surface area contributed by atoms with Crippen LogP contribution in [0.4, 0.5) is 0 Å². The van der Waals surface area contributed by atoms with Gasteiger partial charge in [0, 0.05) is 56.5 Å². The van der Waals surface area contributed by atoms with Crippen LogP contribution < -0.4 is 10.5 Å². The smallest absolute Gasteiger partial charge is 0.308 e. The molecule has 1 aromatic carbocycles. The first-order valence-electron chi connectivity index (χ1n) is 14.7. The van der Waals surface area contributed by atoms with Crippen molar-refractivity contribution in [3.05, 3.63) is 29.3 Å². The zero-order valence-electron chi connectivity index (χ0n) is 23.9. The monoisotopic (exact) mass is 542 g/mol. The lowest BCUT2D eigenvalue weighted by molar-refractivity contribution is -0.144. The Morgan fingerprint density at radius 3 is 2.67 bits per heavy atom. The van der Waals surface area contributed by atoms with Gasteiger partial charge in [-0.1, -0.05) is 39.3 Å². The second-order valence-electron chi connectivity index (χ2n) is 12.0. The van der Waals surface area contributed by atoms with Gasteiger partial charge in [-0.2, -0.15) is 0 Å². The third-order valence-corrected chi connectivity index (χ3v) is 8.85. The zero-order chi connectivity index (χ0) is 28.2. The molecular formula is C30H46N4O5. The Balaban J connectivity index is 1.58. The van der Waals surface area contributed by atoms with Crippen molar-refractivity contribution in [2.75, 3.05) is 52.4 Å². The summed E-state index contributed by atoms with van der Waals surface area (Å²) < 4.78 is 5.68. The molecule has 0 bridgehead atoms. The predicted octanol–water partition coefficient (Wildman–Crippen LogP) is 2.72. The first kappa shape index (κ1) is 29.3. The van der Waals surface area contributed by atoms with Crippen LogP contribution in [0.3, 0.4) is 0 Å². The van der Waals surface area contributed by atoms with E-state index in [0.29, 0.717) is 52.3 Å². The molecule has 3 N–H and O–H groups in total. The molecule has 1 aromatic rings. The summed E-state index contributed by atoms with van der Waals surface area (Å²) >= 11 is 0. The Morgan fingerprint density at radius 2 is 2.00 bits per heavy atom. The van der Waals surface area contributed by atoms with E-state index in [2.05, 4.69) is 17.9 Å². The first-order valence-corrected chi connectivity index (χ1v) is 14.7. The summed E-state index contributed by atoms with van der Waals surface area (Å²) in [5.41, 5.74) is 7.45. The summed E-state index contributed by atoms with van der Waals surface area (Å²) in [6.07, 6.45) is 4.79. The predicted molar refractivity (Wildman–Crippen MR) is 150 cm³/mol. The van der Waals surface area contributed by atoms with Crippen LogP contribution in [0, 0.1) is 11.3 Å². The molecule has 0 aromatic heterocycles. The van der Waals surface area contributed by atoms with E-state index in [4.69, 9.17) is 10.5 Å². The Kier molecular flexibility index (Phi) is 9.54. The van der Waals surface area contributed by atoms with Gasteiger partial charge in [-0.15, -0.1) is 0 Å². The van der Waals surface area contributed by atoms with Gasteiger partial charge in [0.1, 0.15) is 5.75 Å². The van der Waals surface area contributed by atoms with E-state index < -0.39 is 11.9 Å². The van der Waals surface area contributed by atoms with E-state index in [1.807, 2.05) is 35.8 Å². The number of carboxylic acid groups (broad SMARTS) is 1. The van der Waals surface area contributed by atoms with E-state index in [1.54, 1.807) is 0 Å². The van der Waals surface area contributed by atoms with Gasteiger partial charge >= 0.3 is 5.97 Å². The van der Waals surface area contributed by atoms with Gasteiger partial charge in [-0.05, 0) is 49.4 Å². The number of ether oxygens (including phenoxy) is 1. The first-order chi connectivity index (χ1) is 18.7. The number of amides is 2. The average Bonchev–Trinajstić information content (AvgIpc) is 3.58. The fraction of sp³-hybridized carbons (Fsp3) is 0.700. The highest BCUT2D eigenvalue weighted by Crippen LogP contribution is 2.41. The normalized spacial score (nSPS) is 24.2. The Bertz CT molecular complexity index is 1040. The molecule has 3 aliphatic heterocycles. The lowest BCUT2D eigenvalue weighted by Gasteiger charge is -2.31. The van der Waals surface area contributed by atoms with Gasteiger partial charge in [0.15, 0.2) is 0 Å². The largest absolute Gasteiger partial charge is 0.493 e. The molecule has 0 aliphatic carbocycles. The molecule has 9 heteroatoms. The quantitative estimate of drug-likeness (QED) is 0.394. The van der Waals surface area contributed by atoms with E-state index in [0.717, 1.165) is 49.0 Å². The van der Waals surface area contributed by atoms with Crippen molar-refractivity contribution >= 4 is 17.8 Å². The van der Waals surface area contributed by atoms with Crippen LogP contribution in [-0.4, -0.2) is 96.1 Å². The number of carbonyl (C=O) groups excluding carboxylic acids is 2. The van der Waals surface area contributed by atoms with Crippen LogP contribution in [0.5, 0.6) is 5.75 Å². The number of unbranched alkanes of at least 4 members (excludes halogenated alkanes) is 1. The average molecular weight is 543 g/mol. The number of carbonyl (C=O) groups is 3. The molecule has 0 spiro atoms. The van der Waals surface area contributed by atoms with Crippen molar-refractivity contribution in [2.45, 2.75) is 71.3 Å². The summed E-state index contributed by atoms with van der Waals surface area (Å²) in [5.74, 6) is -0.753. The highest BCUT2D eigenvalue weighted by atomic mass is 16.5. The zero-order valence-corrected chi connectivity index (χ0v) is 23.9. The van der Waals surface area contributed by atoms with E-state index in [1.165, 1.54) is 0 Å². The fourth-order valence-electron chi connectivity index (χ4n) is 6.45. The number of aliphatic carboxylic acids is 1. The molecular weight excluding hydrogens is 496 g/mol. The maximum Gasteiger partial charge on any atom is 0.308 e. The minimum absolute atomic E-state index is 0.0208. The van der Waals surface area contributed by atoms with Crippen molar-refractivity contribution in [3.8, 4) is 5.75 Å². The van der Waals surface area contributed by atoms with Gasteiger partial charge in [0.05, 0.1) is 19.1 Å². The van der Waals surface area contributed by atoms with E-state index in [9.17, 15) is 19.5 Å². The number of likely N-dealkylation sites (tertiary alicyclic amines) is 2. The van der Waals surface area contributed by atoms with Gasteiger partial charge in [0.25, 0.3) is 0 Å². The number of carboxylic acids is 1. The summed E-state index contributed by atoms with van der Waals surface area (Å²) in [6.45, 7) is 10.4. The molecule has 2 amide bonds. The SMILES string of the molecule is CCCCN(CCCN)C(=O)CN1C[C@H](c2ccc3c(c2)CCO3)C(C(=O)O)[C@@H]1CCN1CCC(C)(C)C1=O. The molecule has 0 saturated carbocycles. The lowest BCUT2D eigenvalue weighted by Crippen LogP contribution is -2.46. The summed E-state index contributed by atoms with van der Waals surface area (Å²) in [7, 11) is 0. The highest BCUT2D eigenvalue weighted by molar-refractivity contribution is 5.84. The van der Waals surface area contributed by atoms with Gasteiger partial charge in [0.2, 0.25) is 11.8 Å². The molecule has 0 radical (unpaired) electrons. The molecule has 216 valence electrons. The van der Waals surface area contributed by atoms with Crippen LogP contribution in [0.25, 0.3) is 0 Å². The topological polar surface area (TPSA) is 116 Å². The molecule has 2 saturated heterocycles. The van der Waals surface area contributed by atoms with Crippen molar-refractivity contribution in [1.82, 2.24) is 14.7 Å². The van der Waals surface area contributed by atoms with Gasteiger partial charge in [-0.25, -0.2) is 0 Å². The van der Waals surface area contributed by atoms with E-state index >= 15 is 0 Å². The maximum absolute atomic E-state index is 13.5. The minimum Gasteiger partial charge on any atom is -0.493 e. The molecule has 9 nitrogen and oxygen atoms in total. The van der Waals surface area contributed by atoms with Crippen molar-refractivity contribution in [3.63, 3.8) is 0 Å². The number of rotatable bonds is 13. The Morgan fingerprint density at radius 1 is 1.23 bits per heavy atom. The second kappa shape index (κ2) is 12.7. The second-order valence-corrected chi connectivity index (χ2v) is 12.0. The van der Waals surface area contributed by atoms with Crippen molar-refractivity contribution in [1.29, 1.82) is 0 Å². The Hall–Kier alpha value is -2.65. The van der Waals surface area contributed by atoms with Crippen LogP contribution >= 0.6 is 0 Å². The number of benzene rings is 1. The number of hydrogen-bond donors (Lipinski definition) is 2. The van der Waals surface area contributed by atoms with Crippen LogP contribution in [0.1, 0.15) is 69.9 Å². The number of nitrogens with zero attached hydrogens (tertiary/aromatic N) is 3. The number of fused-ring (bicyclic) bond motifs is 1. The summed E-state index contributed by atoms with van der Waals surface area (Å²) in [5, 5.41) is 10.5. The summed E-state index contributed by atoms with van der Waals surface area (Å²) in [6, 6.07) is 5.67. The van der Waals surface area contributed by atoms with Crippen LogP contribution in [0.2, 0.25) is 0 Å². The van der Waals surface area contributed by atoms with Crippen LogP contribution in [-0.2, 0) is 20.8 Å². The molecule has 2 fully saturated rings. The Labute approximate surface area is 232 Å². The molecule has 3 atom stereocenters. The third kappa shape index (κ3) is 6.57. The van der Waals surface area contributed by atoms with Gasteiger partial charge < -0.3 is 25.4 Å². The lowest BCUT2D eigenvalue weighted by atomic mass is 9.83. The minimum atomic E-state index is -0.851. The highest BCUT2D eigenvalue weighted by Gasteiger charge is 2.48.